The van der Waals surface area contributed by atoms with Crippen LogP contribution in [-0.4, -0.2) is 24.5 Å². The average molecular weight is 458 g/mol. The average Bonchev–Trinajstić information content (AvgIpc) is 2.75. The van der Waals surface area contributed by atoms with Gasteiger partial charge in [0.1, 0.15) is 0 Å². The quantitative estimate of drug-likeness (QED) is 0.197. The third-order valence-corrected chi connectivity index (χ3v) is 5.86. The van der Waals surface area contributed by atoms with Crippen LogP contribution in [0.3, 0.4) is 0 Å². The van der Waals surface area contributed by atoms with Crippen molar-refractivity contribution in [2.45, 2.75) is 78.6 Å². The molecule has 0 aromatic rings. The molecule has 0 fully saturated rings. The van der Waals surface area contributed by atoms with Gasteiger partial charge in [-0.05, 0) is 68.8 Å². The van der Waals surface area contributed by atoms with E-state index in [-0.39, 0.29) is 11.3 Å². The molecule has 2 nitrogen and oxygen atoms in total. The Morgan fingerprint density at radius 1 is 0.750 bits per heavy atom. The van der Waals surface area contributed by atoms with Crippen LogP contribution in [0.1, 0.15) is 78.6 Å². The predicted molar refractivity (Wildman–Crippen MR) is 147 cm³/mol. The summed E-state index contributed by atoms with van der Waals surface area (Å²) < 4.78 is 0. The van der Waals surface area contributed by atoms with E-state index in [0.717, 1.165) is 63.7 Å². The number of nitrogens with one attached hydrogen (secondary N) is 1. The van der Waals surface area contributed by atoms with Crippen LogP contribution in [0.2, 0.25) is 0 Å². The largest absolute Gasteiger partial charge is 0.356 e. The van der Waals surface area contributed by atoms with Crippen molar-refractivity contribution in [3.63, 3.8) is 0 Å². The molecule has 0 aliphatic carbocycles. The van der Waals surface area contributed by atoms with Gasteiger partial charge in [0, 0.05) is 13.0 Å². The van der Waals surface area contributed by atoms with Gasteiger partial charge in [0.25, 0.3) is 0 Å². The van der Waals surface area contributed by atoms with Gasteiger partial charge >= 0.3 is 0 Å². The molecule has 180 valence electrons. The van der Waals surface area contributed by atoms with Gasteiger partial charge < -0.3 is 5.32 Å². The SMILES string of the molecule is CC/C=C\C/C=C\C/C=C\C/C=C\C/C=C\C/C=C\CCC(=O)NCCC(C)(C)CSC. The van der Waals surface area contributed by atoms with Crippen molar-refractivity contribution in [3.05, 3.63) is 72.9 Å². The Morgan fingerprint density at radius 2 is 1.19 bits per heavy atom. The zero-order chi connectivity index (χ0) is 23.8. The number of hydrogen-bond donors (Lipinski definition) is 1. The summed E-state index contributed by atoms with van der Waals surface area (Å²) >= 11 is 1.86. The molecule has 0 aromatic carbocycles. The summed E-state index contributed by atoms with van der Waals surface area (Å²) in [5.41, 5.74) is 0.286. The van der Waals surface area contributed by atoms with Crippen molar-refractivity contribution >= 4 is 17.7 Å². The van der Waals surface area contributed by atoms with Gasteiger partial charge in [-0.15, -0.1) is 0 Å². The molecule has 0 saturated carbocycles. The van der Waals surface area contributed by atoms with E-state index in [9.17, 15) is 4.79 Å². The first kappa shape index (κ1) is 30.3. The van der Waals surface area contributed by atoms with Crippen LogP contribution in [0.4, 0.5) is 0 Å². The van der Waals surface area contributed by atoms with Gasteiger partial charge in [0.05, 0.1) is 0 Å². The molecule has 1 amide bonds. The Bertz CT molecular complexity index is 623. The van der Waals surface area contributed by atoms with Gasteiger partial charge in [-0.25, -0.2) is 0 Å². The second kappa shape index (κ2) is 22.5. The zero-order valence-corrected chi connectivity index (χ0v) is 21.8. The van der Waals surface area contributed by atoms with Crippen molar-refractivity contribution in [3.8, 4) is 0 Å². The number of allylic oxidation sites excluding steroid dienone is 12. The summed E-state index contributed by atoms with van der Waals surface area (Å²) in [5, 5.41) is 3.04. The van der Waals surface area contributed by atoms with Gasteiger partial charge in [-0.3, -0.25) is 4.79 Å². The molecule has 32 heavy (non-hydrogen) atoms. The van der Waals surface area contributed by atoms with Crippen molar-refractivity contribution in [2.75, 3.05) is 18.6 Å². The van der Waals surface area contributed by atoms with Crippen LogP contribution in [0.5, 0.6) is 0 Å². The van der Waals surface area contributed by atoms with Gasteiger partial charge in [-0.1, -0.05) is 93.7 Å². The summed E-state index contributed by atoms with van der Waals surface area (Å²) in [6, 6.07) is 0. The molecule has 0 rings (SSSR count). The molecular formula is C29H47NOS. The summed E-state index contributed by atoms with van der Waals surface area (Å²) in [4.78, 5) is 11.9. The Hall–Kier alpha value is -1.74. The van der Waals surface area contributed by atoms with Gasteiger partial charge in [0.15, 0.2) is 0 Å². The van der Waals surface area contributed by atoms with Crippen LogP contribution >= 0.6 is 11.8 Å². The highest BCUT2D eigenvalue weighted by atomic mass is 32.2. The predicted octanol–water partition coefficient (Wildman–Crippen LogP) is 8.36. The number of carbonyl (C=O) groups excluding carboxylic acids is 1. The number of amides is 1. The lowest BCUT2D eigenvalue weighted by atomic mass is 9.92. The summed E-state index contributed by atoms with van der Waals surface area (Å²) in [7, 11) is 0. The van der Waals surface area contributed by atoms with E-state index in [2.05, 4.69) is 105 Å². The van der Waals surface area contributed by atoms with E-state index >= 15 is 0 Å². The first-order valence-electron chi connectivity index (χ1n) is 12.2. The van der Waals surface area contributed by atoms with Crippen molar-refractivity contribution in [1.29, 1.82) is 0 Å². The molecule has 0 aliphatic heterocycles. The third kappa shape index (κ3) is 22.9. The molecule has 0 unspecified atom stereocenters. The maximum atomic E-state index is 11.9. The van der Waals surface area contributed by atoms with E-state index in [4.69, 9.17) is 0 Å². The molecule has 0 aromatic heterocycles. The highest BCUT2D eigenvalue weighted by Gasteiger charge is 2.16. The van der Waals surface area contributed by atoms with Crippen molar-refractivity contribution in [1.82, 2.24) is 5.32 Å². The highest BCUT2D eigenvalue weighted by molar-refractivity contribution is 7.98. The fourth-order valence-electron chi connectivity index (χ4n) is 2.95. The Balaban J connectivity index is 3.65. The number of hydrogen-bond acceptors (Lipinski definition) is 2. The minimum atomic E-state index is 0.157. The number of rotatable bonds is 19. The topological polar surface area (TPSA) is 29.1 Å². The molecule has 0 bridgehead atoms. The second-order valence-corrected chi connectivity index (χ2v) is 9.52. The summed E-state index contributed by atoms with van der Waals surface area (Å²) in [6.07, 6.45) is 36.9. The number of thioether (sulfide) groups is 1. The van der Waals surface area contributed by atoms with Crippen LogP contribution in [0.15, 0.2) is 72.9 Å². The molecule has 0 radical (unpaired) electrons. The van der Waals surface area contributed by atoms with Crippen LogP contribution in [0.25, 0.3) is 0 Å². The Kier molecular flexibility index (Phi) is 21.2. The molecule has 0 aliphatic rings. The first-order valence-corrected chi connectivity index (χ1v) is 13.6. The lowest BCUT2D eigenvalue weighted by molar-refractivity contribution is -0.121. The van der Waals surface area contributed by atoms with Crippen LogP contribution < -0.4 is 5.32 Å². The van der Waals surface area contributed by atoms with Crippen LogP contribution in [0, 0.1) is 5.41 Å². The minimum Gasteiger partial charge on any atom is -0.356 e. The normalized spacial score (nSPS) is 13.2. The molecule has 0 spiro atoms. The Morgan fingerprint density at radius 3 is 1.62 bits per heavy atom. The fraction of sp³-hybridized carbons (Fsp3) is 0.552. The Labute approximate surface area is 203 Å². The highest BCUT2D eigenvalue weighted by Crippen LogP contribution is 2.23. The summed E-state index contributed by atoms with van der Waals surface area (Å²) in [5.74, 6) is 1.28. The van der Waals surface area contributed by atoms with E-state index in [1.165, 1.54) is 0 Å². The molecule has 0 atom stereocenters. The van der Waals surface area contributed by atoms with Crippen LogP contribution in [-0.2, 0) is 4.79 Å². The molecule has 1 N–H and O–H groups in total. The maximum absolute atomic E-state index is 11.9. The lowest BCUT2D eigenvalue weighted by Gasteiger charge is -2.23. The second-order valence-electron chi connectivity index (χ2n) is 8.65. The third-order valence-electron chi connectivity index (χ3n) is 4.79. The van der Waals surface area contributed by atoms with E-state index in [1.807, 2.05) is 11.8 Å². The monoisotopic (exact) mass is 457 g/mol. The molecule has 0 saturated heterocycles. The molecule has 3 heteroatoms. The lowest BCUT2D eigenvalue weighted by Crippen LogP contribution is -2.28. The summed E-state index contributed by atoms with van der Waals surface area (Å²) in [6.45, 7) is 7.45. The first-order chi connectivity index (χ1) is 15.5. The maximum Gasteiger partial charge on any atom is 0.220 e. The number of carbonyl (C=O) groups is 1. The van der Waals surface area contributed by atoms with Crippen molar-refractivity contribution < 1.29 is 4.79 Å². The van der Waals surface area contributed by atoms with E-state index in [1.54, 1.807) is 0 Å². The molecular weight excluding hydrogens is 410 g/mol. The fourth-order valence-corrected chi connectivity index (χ4v) is 3.87. The van der Waals surface area contributed by atoms with E-state index < -0.39 is 0 Å². The van der Waals surface area contributed by atoms with Crippen molar-refractivity contribution in [2.24, 2.45) is 5.41 Å². The van der Waals surface area contributed by atoms with E-state index in [0.29, 0.717) is 6.42 Å². The smallest absolute Gasteiger partial charge is 0.220 e. The zero-order valence-electron chi connectivity index (χ0n) is 21.0. The van der Waals surface area contributed by atoms with Gasteiger partial charge in [0.2, 0.25) is 5.91 Å². The standard InChI is InChI=1S/C29H47NOS/c1-5-6-7-8-9-10-11-12-13-14-15-16-17-18-19-20-21-22-23-24-28(31)30-26-25-29(2,3)27-32-4/h6-7,9-10,12-13,15-16,18-19,21-22H,5,8,11,14,17,20,23-27H2,1-4H3,(H,30,31)/b7-6-,10-9-,13-12-,16-15-,19-18-,22-21-. The van der Waals surface area contributed by atoms with Gasteiger partial charge in [-0.2, -0.15) is 11.8 Å². The molecule has 0 heterocycles. The minimum absolute atomic E-state index is 0.157.